The molecule has 1 heterocycles. The van der Waals surface area contributed by atoms with Gasteiger partial charge in [-0.15, -0.1) is 0 Å². The van der Waals surface area contributed by atoms with Gasteiger partial charge >= 0.3 is 0 Å². The maximum absolute atomic E-state index is 14.0. The van der Waals surface area contributed by atoms with Gasteiger partial charge in [0.05, 0.1) is 10.6 Å². The summed E-state index contributed by atoms with van der Waals surface area (Å²) in [5.74, 6) is -0.459. The van der Waals surface area contributed by atoms with Crippen molar-refractivity contribution in [3.05, 3.63) is 77.6 Å². The number of hydrogen-bond acceptors (Lipinski definition) is 5. The molecule has 0 unspecified atom stereocenters. The predicted molar refractivity (Wildman–Crippen MR) is 123 cm³/mol. The van der Waals surface area contributed by atoms with Gasteiger partial charge in [-0.2, -0.15) is 0 Å². The van der Waals surface area contributed by atoms with Crippen LogP contribution < -0.4 is 19.1 Å². The van der Waals surface area contributed by atoms with Gasteiger partial charge < -0.3 is 14.8 Å². The minimum Gasteiger partial charge on any atom is -0.486 e. The van der Waals surface area contributed by atoms with Gasteiger partial charge in [-0.3, -0.25) is 9.10 Å². The van der Waals surface area contributed by atoms with Crippen molar-refractivity contribution in [1.82, 2.24) is 0 Å². The predicted octanol–water partition coefficient (Wildman–Crippen LogP) is 4.05. The van der Waals surface area contributed by atoms with Gasteiger partial charge in [-0.1, -0.05) is 12.1 Å². The van der Waals surface area contributed by atoms with Crippen molar-refractivity contribution in [2.24, 2.45) is 0 Å². The van der Waals surface area contributed by atoms with Gasteiger partial charge in [-0.25, -0.2) is 12.8 Å². The van der Waals surface area contributed by atoms with Gasteiger partial charge in [0.25, 0.3) is 10.0 Å². The second kappa shape index (κ2) is 9.11. The van der Waals surface area contributed by atoms with Gasteiger partial charge in [0.15, 0.2) is 11.5 Å². The molecule has 3 aromatic carbocycles. The third kappa shape index (κ3) is 4.93. The minimum absolute atomic E-state index is 0.0279. The number of amides is 1. The number of ether oxygens (including phenoxy) is 2. The Hall–Kier alpha value is -3.59. The number of nitrogens with one attached hydrogen (secondary N) is 1. The fourth-order valence-corrected chi connectivity index (χ4v) is 4.84. The number of benzene rings is 3. The Kier molecular flexibility index (Phi) is 6.24. The molecule has 3 aromatic rings. The molecular formula is C24H23FN2O5S. The number of anilines is 2. The highest BCUT2D eigenvalue weighted by Gasteiger charge is 2.29. The molecule has 0 aromatic heterocycles. The van der Waals surface area contributed by atoms with E-state index >= 15 is 0 Å². The van der Waals surface area contributed by atoms with Crippen molar-refractivity contribution in [3.8, 4) is 11.5 Å². The number of carbonyl (C=O) groups is 1. The van der Waals surface area contributed by atoms with E-state index in [-0.39, 0.29) is 10.6 Å². The number of rotatable bonds is 6. The highest BCUT2D eigenvalue weighted by atomic mass is 32.2. The van der Waals surface area contributed by atoms with Crippen LogP contribution in [0.5, 0.6) is 11.5 Å². The molecule has 7 nitrogen and oxygen atoms in total. The lowest BCUT2D eigenvalue weighted by atomic mass is 10.1. The number of aryl methyl sites for hydroxylation is 2. The van der Waals surface area contributed by atoms with E-state index in [9.17, 15) is 17.6 Å². The van der Waals surface area contributed by atoms with E-state index in [2.05, 4.69) is 5.32 Å². The Bertz CT molecular complexity index is 1310. The summed E-state index contributed by atoms with van der Waals surface area (Å²) in [6, 6.07) is 14.7. The van der Waals surface area contributed by atoms with E-state index in [0.29, 0.717) is 30.4 Å². The molecule has 0 fully saturated rings. The van der Waals surface area contributed by atoms with E-state index in [1.807, 2.05) is 19.9 Å². The summed E-state index contributed by atoms with van der Waals surface area (Å²) in [4.78, 5) is 12.7. The topological polar surface area (TPSA) is 84.9 Å². The fraction of sp³-hybridized carbons (Fsp3) is 0.208. The summed E-state index contributed by atoms with van der Waals surface area (Å²) >= 11 is 0. The molecule has 0 saturated carbocycles. The van der Waals surface area contributed by atoms with Gasteiger partial charge in [-0.05, 0) is 67.4 Å². The molecule has 172 valence electrons. The van der Waals surface area contributed by atoms with Crippen molar-refractivity contribution in [2.45, 2.75) is 18.7 Å². The molecule has 1 N–H and O–H groups in total. The summed E-state index contributed by atoms with van der Waals surface area (Å²) < 4.78 is 52.9. The average Bonchev–Trinajstić information content (AvgIpc) is 2.79. The van der Waals surface area contributed by atoms with Crippen LogP contribution in [0, 0.1) is 19.7 Å². The first-order valence-electron chi connectivity index (χ1n) is 10.3. The van der Waals surface area contributed by atoms with Crippen LogP contribution in [0.3, 0.4) is 0 Å². The summed E-state index contributed by atoms with van der Waals surface area (Å²) in [5.41, 5.74) is 2.62. The molecule has 0 bridgehead atoms. The van der Waals surface area contributed by atoms with E-state index in [1.165, 1.54) is 36.4 Å². The van der Waals surface area contributed by atoms with Crippen LogP contribution in [-0.4, -0.2) is 34.1 Å². The van der Waals surface area contributed by atoms with Crippen molar-refractivity contribution in [3.63, 3.8) is 0 Å². The third-order valence-electron chi connectivity index (χ3n) is 5.28. The van der Waals surface area contributed by atoms with Gasteiger partial charge in [0.2, 0.25) is 5.91 Å². The van der Waals surface area contributed by atoms with Crippen LogP contribution in [0.2, 0.25) is 0 Å². The monoisotopic (exact) mass is 470 g/mol. The summed E-state index contributed by atoms with van der Waals surface area (Å²) in [6.07, 6.45) is 0. The Morgan fingerprint density at radius 1 is 0.970 bits per heavy atom. The molecule has 1 aliphatic rings. The summed E-state index contributed by atoms with van der Waals surface area (Å²) in [7, 11) is -4.24. The lowest BCUT2D eigenvalue weighted by Crippen LogP contribution is -2.38. The fourth-order valence-electron chi connectivity index (χ4n) is 3.41. The van der Waals surface area contributed by atoms with Crippen LogP contribution in [0.1, 0.15) is 11.1 Å². The molecule has 1 amide bonds. The van der Waals surface area contributed by atoms with Crippen LogP contribution in [-0.2, 0) is 14.8 Å². The van der Waals surface area contributed by atoms with Gasteiger partial charge in [0, 0.05) is 11.8 Å². The number of nitrogens with zero attached hydrogens (tertiary/aromatic N) is 1. The number of fused-ring (bicyclic) bond motifs is 1. The van der Waals surface area contributed by atoms with Gasteiger partial charge in [0.1, 0.15) is 25.6 Å². The summed E-state index contributed by atoms with van der Waals surface area (Å²) in [6.45, 7) is 3.98. The molecule has 9 heteroatoms. The standard InChI is InChI=1S/C24H23FN2O5S/c1-16-6-7-19(12-17(16)2)26-24(28)15-27(20-5-3-4-18(25)13-20)33(29,30)21-8-9-22-23(14-21)32-11-10-31-22/h3-9,12-14H,10-11,15H2,1-2H3,(H,26,28). The van der Waals surface area contributed by atoms with E-state index in [0.717, 1.165) is 21.5 Å². The first-order chi connectivity index (χ1) is 15.7. The number of hydrogen-bond donors (Lipinski definition) is 1. The molecule has 0 radical (unpaired) electrons. The molecule has 4 rings (SSSR count). The zero-order chi connectivity index (χ0) is 23.6. The number of sulfonamides is 1. The Labute approximate surface area is 191 Å². The molecule has 0 aliphatic carbocycles. The lowest BCUT2D eigenvalue weighted by Gasteiger charge is -2.25. The zero-order valence-electron chi connectivity index (χ0n) is 18.2. The van der Waals surface area contributed by atoms with E-state index < -0.39 is 28.3 Å². The average molecular weight is 471 g/mol. The Morgan fingerprint density at radius 3 is 2.45 bits per heavy atom. The number of carbonyl (C=O) groups excluding carboxylic acids is 1. The molecule has 0 spiro atoms. The second-order valence-electron chi connectivity index (χ2n) is 7.64. The lowest BCUT2D eigenvalue weighted by molar-refractivity contribution is -0.114. The zero-order valence-corrected chi connectivity index (χ0v) is 19.0. The second-order valence-corrected chi connectivity index (χ2v) is 9.51. The molecule has 33 heavy (non-hydrogen) atoms. The van der Waals surface area contributed by atoms with Crippen LogP contribution in [0.25, 0.3) is 0 Å². The largest absolute Gasteiger partial charge is 0.486 e. The Morgan fingerprint density at radius 2 is 1.73 bits per heavy atom. The quantitative estimate of drug-likeness (QED) is 0.588. The van der Waals surface area contributed by atoms with Crippen LogP contribution in [0.15, 0.2) is 65.6 Å². The minimum atomic E-state index is -4.24. The highest BCUT2D eigenvalue weighted by molar-refractivity contribution is 7.92. The van der Waals surface area contributed by atoms with E-state index in [4.69, 9.17) is 9.47 Å². The first kappa shape index (κ1) is 22.6. The van der Waals surface area contributed by atoms with Crippen LogP contribution in [0.4, 0.5) is 15.8 Å². The Balaban J connectivity index is 1.67. The molecule has 1 aliphatic heterocycles. The van der Waals surface area contributed by atoms with E-state index in [1.54, 1.807) is 12.1 Å². The van der Waals surface area contributed by atoms with Crippen molar-refractivity contribution in [1.29, 1.82) is 0 Å². The maximum atomic E-state index is 14.0. The smallest absolute Gasteiger partial charge is 0.264 e. The maximum Gasteiger partial charge on any atom is 0.264 e. The van der Waals surface area contributed by atoms with Crippen molar-refractivity contribution >= 4 is 27.3 Å². The molecular weight excluding hydrogens is 447 g/mol. The van der Waals surface area contributed by atoms with Crippen molar-refractivity contribution in [2.75, 3.05) is 29.4 Å². The van der Waals surface area contributed by atoms with Crippen molar-refractivity contribution < 1.29 is 27.1 Å². The highest BCUT2D eigenvalue weighted by Crippen LogP contribution is 2.34. The third-order valence-corrected chi connectivity index (χ3v) is 7.05. The van der Waals surface area contributed by atoms with Crippen LogP contribution >= 0.6 is 0 Å². The summed E-state index contributed by atoms with van der Waals surface area (Å²) in [5, 5.41) is 2.71. The molecule has 0 atom stereocenters. The first-order valence-corrected chi connectivity index (χ1v) is 11.7. The molecule has 0 saturated heterocycles. The SMILES string of the molecule is Cc1ccc(NC(=O)CN(c2cccc(F)c2)S(=O)(=O)c2ccc3c(c2)OCCO3)cc1C. The normalized spacial score (nSPS) is 12.8. The number of halogens is 1.